The number of hydrogen-bond donors (Lipinski definition) is 1. The molecule has 0 unspecified atom stereocenters. The van der Waals surface area contributed by atoms with Gasteiger partial charge in [0.15, 0.2) is 6.33 Å². The third-order valence-corrected chi connectivity index (χ3v) is 2.64. The maximum Gasteiger partial charge on any atom is 0.342 e. The predicted octanol–water partition coefficient (Wildman–Crippen LogP) is -0.372. The van der Waals surface area contributed by atoms with Crippen molar-refractivity contribution in [1.82, 2.24) is 14.5 Å². The topological polar surface area (TPSA) is 128 Å². The average molecular weight is 322 g/mol. The number of hydrogen-bond acceptors (Lipinski definition) is 7. The van der Waals surface area contributed by atoms with Crippen LogP contribution in [0.5, 0.6) is 0 Å². The van der Waals surface area contributed by atoms with Gasteiger partial charge in [0.1, 0.15) is 12.7 Å². The second kappa shape index (κ2) is 8.02. The third kappa shape index (κ3) is 7.70. The summed E-state index contributed by atoms with van der Waals surface area (Å²) in [5.41, 5.74) is 0. The molecule has 1 aromatic rings. The first kappa shape index (κ1) is 17.5. The highest BCUT2D eigenvalue weighted by atomic mass is 32.2. The summed E-state index contributed by atoms with van der Waals surface area (Å²) in [5, 5.41) is 10.6. The maximum atomic E-state index is 10.6. The summed E-state index contributed by atoms with van der Waals surface area (Å²) in [4.78, 5) is 16.2. The monoisotopic (exact) mass is 322 g/mol. The van der Waals surface area contributed by atoms with Crippen LogP contribution in [0.3, 0.4) is 0 Å². The molecule has 1 aliphatic rings. The average Bonchev–Trinajstić information content (AvgIpc) is 2.84. The number of aromatic nitrogens is 2. The van der Waals surface area contributed by atoms with Crippen molar-refractivity contribution in [3.05, 3.63) is 22.6 Å². The summed E-state index contributed by atoms with van der Waals surface area (Å²) in [5.74, 6) is 0.0493. The van der Waals surface area contributed by atoms with Gasteiger partial charge in [-0.15, -0.1) is 0 Å². The van der Waals surface area contributed by atoms with Gasteiger partial charge < -0.3 is 14.9 Å². The van der Waals surface area contributed by atoms with Crippen LogP contribution in [0.25, 0.3) is 0 Å². The number of morpholine rings is 1. The smallest absolute Gasteiger partial charge is 0.342 e. The van der Waals surface area contributed by atoms with Gasteiger partial charge in [0, 0.05) is 19.6 Å². The lowest BCUT2D eigenvalue weighted by atomic mass is 10.4. The molecule has 1 aromatic heterocycles. The first-order valence-corrected chi connectivity index (χ1v) is 7.99. The molecule has 0 amide bonds. The summed E-state index contributed by atoms with van der Waals surface area (Å²) >= 11 is 0. The van der Waals surface area contributed by atoms with Crippen molar-refractivity contribution in [2.75, 3.05) is 39.1 Å². The highest BCUT2D eigenvalue weighted by Crippen LogP contribution is 2.09. The number of ether oxygens (including phenoxy) is 1. The molecule has 1 aliphatic heterocycles. The van der Waals surface area contributed by atoms with Crippen molar-refractivity contribution in [2.24, 2.45) is 0 Å². The zero-order chi connectivity index (χ0) is 15.9. The minimum absolute atomic E-state index is 0.0493. The Morgan fingerprint density at radius 2 is 2.00 bits per heavy atom. The van der Waals surface area contributed by atoms with Crippen molar-refractivity contribution < 1.29 is 22.6 Å². The Labute approximate surface area is 122 Å². The van der Waals surface area contributed by atoms with Crippen molar-refractivity contribution in [1.29, 1.82) is 0 Å². The lowest BCUT2D eigenvalue weighted by Crippen LogP contribution is -2.38. The van der Waals surface area contributed by atoms with Gasteiger partial charge >= 0.3 is 5.82 Å². The lowest BCUT2D eigenvalue weighted by Gasteiger charge is -2.25. The fourth-order valence-electron chi connectivity index (χ4n) is 1.71. The minimum atomic E-state index is -3.67. The number of imidazole rings is 1. The van der Waals surface area contributed by atoms with Gasteiger partial charge in [-0.05, 0) is 4.92 Å². The van der Waals surface area contributed by atoms with Crippen molar-refractivity contribution in [3.8, 4) is 0 Å². The van der Waals surface area contributed by atoms with E-state index in [2.05, 4.69) is 9.88 Å². The molecule has 0 atom stereocenters. The van der Waals surface area contributed by atoms with E-state index in [1.807, 2.05) is 0 Å². The molecule has 0 radical (unpaired) electrons. The fraction of sp³-hybridized carbons (Fsp3) is 0.700. The van der Waals surface area contributed by atoms with Gasteiger partial charge in [0.05, 0.1) is 19.5 Å². The largest absolute Gasteiger partial charge is 0.379 e. The minimum Gasteiger partial charge on any atom is -0.379 e. The Morgan fingerprint density at radius 1 is 1.43 bits per heavy atom. The van der Waals surface area contributed by atoms with Crippen molar-refractivity contribution >= 4 is 15.9 Å². The van der Waals surface area contributed by atoms with Crippen LogP contribution in [0.4, 0.5) is 5.82 Å². The van der Waals surface area contributed by atoms with Crippen LogP contribution in [-0.4, -0.2) is 71.4 Å². The summed E-state index contributed by atoms with van der Waals surface area (Å²) in [6, 6.07) is 0. The van der Waals surface area contributed by atoms with E-state index in [0.29, 0.717) is 12.8 Å². The van der Waals surface area contributed by atoms with Crippen molar-refractivity contribution in [3.63, 3.8) is 0 Å². The normalized spacial score (nSPS) is 16.1. The zero-order valence-corrected chi connectivity index (χ0v) is 12.4. The highest BCUT2D eigenvalue weighted by molar-refractivity contribution is 7.85. The Hall–Kier alpha value is -1.56. The van der Waals surface area contributed by atoms with E-state index < -0.39 is 15.0 Å². The Morgan fingerprint density at radius 3 is 2.52 bits per heavy atom. The second-order valence-corrected chi connectivity index (χ2v) is 5.86. The molecule has 2 heterocycles. The molecule has 0 aromatic carbocycles. The number of nitrogens with zero attached hydrogens (tertiary/aromatic N) is 4. The molecule has 0 spiro atoms. The van der Waals surface area contributed by atoms with E-state index in [-0.39, 0.29) is 5.82 Å². The van der Waals surface area contributed by atoms with Gasteiger partial charge in [0.2, 0.25) is 0 Å². The van der Waals surface area contributed by atoms with Crippen LogP contribution in [0.2, 0.25) is 0 Å². The molecule has 120 valence electrons. The Kier molecular flexibility index (Phi) is 6.68. The number of nitro groups is 1. The highest BCUT2D eigenvalue weighted by Gasteiger charge is 2.15. The van der Waals surface area contributed by atoms with Crippen LogP contribution in [0, 0.1) is 10.1 Å². The van der Waals surface area contributed by atoms with Crippen LogP contribution >= 0.6 is 0 Å². The number of rotatable bonds is 4. The quantitative estimate of drug-likeness (QED) is 0.451. The van der Waals surface area contributed by atoms with Gasteiger partial charge in [0.25, 0.3) is 10.1 Å². The van der Waals surface area contributed by atoms with E-state index in [4.69, 9.17) is 9.29 Å². The van der Waals surface area contributed by atoms with Crippen molar-refractivity contribution in [2.45, 2.75) is 6.54 Å². The van der Waals surface area contributed by atoms with Crippen LogP contribution in [0.1, 0.15) is 0 Å². The molecule has 1 fully saturated rings. The standard InChI is InChI=1S/C9H14N4O3.CH4O3S/c14-13(15)9-7-10-8-12(9)2-1-11-3-5-16-6-4-11;1-5(2,3)4/h7-8H,1-6H2;1H3,(H,2,3,4). The van der Waals surface area contributed by atoms with E-state index in [1.54, 1.807) is 4.57 Å². The molecule has 21 heavy (non-hydrogen) atoms. The molecule has 1 saturated heterocycles. The SMILES string of the molecule is CS(=O)(=O)O.O=[N+]([O-])c1cncn1CCN1CCOCC1. The summed E-state index contributed by atoms with van der Waals surface area (Å²) in [6.07, 6.45) is 3.49. The molecule has 2 rings (SSSR count). The molecule has 0 bridgehead atoms. The first-order valence-electron chi connectivity index (χ1n) is 6.14. The van der Waals surface area contributed by atoms with Crippen LogP contribution < -0.4 is 0 Å². The first-order chi connectivity index (χ1) is 9.77. The van der Waals surface area contributed by atoms with E-state index in [0.717, 1.165) is 32.8 Å². The molecular formula is C10H18N4O6S. The summed E-state index contributed by atoms with van der Waals surface area (Å²) in [7, 11) is -3.67. The van der Waals surface area contributed by atoms with Gasteiger partial charge in [-0.2, -0.15) is 8.42 Å². The Balaban J connectivity index is 0.000000383. The van der Waals surface area contributed by atoms with Gasteiger partial charge in [-0.25, -0.2) is 9.55 Å². The summed E-state index contributed by atoms with van der Waals surface area (Å²) < 4.78 is 32.7. The van der Waals surface area contributed by atoms with Gasteiger partial charge in [-0.1, -0.05) is 0 Å². The zero-order valence-electron chi connectivity index (χ0n) is 11.6. The predicted molar refractivity (Wildman–Crippen MR) is 73.6 cm³/mol. The lowest BCUT2D eigenvalue weighted by molar-refractivity contribution is -0.392. The Bertz CT molecular complexity index is 544. The molecule has 1 N–H and O–H groups in total. The van der Waals surface area contributed by atoms with Gasteiger partial charge in [-0.3, -0.25) is 9.45 Å². The molecule has 0 saturated carbocycles. The molecular weight excluding hydrogens is 304 g/mol. The molecule has 11 heteroatoms. The van der Waals surface area contributed by atoms with Crippen LogP contribution in [-0.2, 0) is 21.4 Å². The van der Waals surface area contributed by atoms with Crippen LogP contribution in [0.15, 0.2) is 12.5 Å². The molecule has 0 aliphatic carbocycles. The molecule has 10 nitrogen and oxygen atoms in total. The van der Waals surface area contributed by atoms with E-state index in [1.165, 1.54) is 12.5 Å². The third-order valence-electron chi connectivity index (χ3n) is 2.64. The summed E-state index contributed by atoms with van der Waals surface area (Å²) in [6.45, 7) is 4.65. The van der Waals surface area contributed by atoms with E-state index >= 15 is 0 Å². The van der Waals surface area contributed by atoms with E-state index in [9.17, 15) is 18.5 Å². The maximum absolute atomic E-state index is 10.6. The second-order valence-electron chi connectivity index (χ2n) is 4.39. The fourth-order valence-corrected chi connectivity index (χ4v) is 1.71.